The predicted molar refractivity (Wildman–Crippen MR) is 123 cm³/mol. The minimum absolute atomic E-state index is 0.0949. The lowest BCUT2D eigenvalue weighted by molar-refractivity contribution is -0.235. The highest BCUT2D eigenvalue weighted by atomic mass is 16.3. The zero-order valence-electron chi connectivity index (χ0n) is 19.1. The first-order valence-electron chi connectivity index (χ1n) is 11.0. The molecule has 0 aromatic heterocycles. The van der Waals surface area contributed by atoms with E-state index in [1.165, 1.54) is 6.92 Å². The molecule has 1 amide bonds. The summed E-state index contributed by atoms with van der Waals surface area (Å²) in [5.41, 5.74) is -1.95. The molecule has 32 heavy (non-hydrogen) atoms. The van der Waals surface area contributed by atoms with Crippen molar-refractivity contribution < 1.29 is 24.6 Å². The molecule has 2 saturated carbocycles. The van der Waals surface area contributed by atoms with Gasteiger partial charge in [-0.15, -0.1) is 13.2 Å². The molecule has 3 rings (SSSR count). The first-order valence-corrected chi connectivity index (χ1v) is 11.0. The summed E-state index contributed by atoms with van der Waals surface area (Å²) in [6.45, 7) is 12.9. The molecule has 1 aromatic rings. The van der Waals surface area contributed by atoms with Crippen molar-refractivity contribution in [3.05, 3.63) is 55.1 Å². The van der Waals surface area contributed by atoms with Gasteiger partial charge in [-0.2, -0.15) is 0 Å². The number of Topliss-reactive ketones (excluding diaryl/α,β-unsaturated/α-hetero) is 2. The Bertz CT molecular complexity index is 949. The van der Waals surface area contributed by atoms with Crippen LogP contribution in [0.3, 0.4) is 0 Å². The van der Waals surface area contributed by atoms with Crippen molar-refractivity contribution in [3.8, 4) is 0 Å². The SMILES string of the molecule is C=CC[C@@]12CCC(C)(C)[C@@](CC=C)(C(=O)C(C(=O)Nc3ccc(C(C)=O)cc3)C1O)C2O. The van der Waals surface area contributed by atoms with Crippen LogP contribution in [-0.4, -0.2) is 39.9 Å². The van der Waals surface area contributed by atoms with Gasteiger partial charge in [0.15, 0.2) is 11.6 Å². The molecule has 172 valence electrons. The molecule has 0 aliphatic heterocycles. The van der Waals surface area contributed by atoms with Gasteiger partial charge >= 0.3 is 0 Å². The summed E-state index contributed by atoms with van der Waals surface area (Å²) < 4.78 is 0. The molecule has 3 unspecified atom stereocenters. The molecule has 6 heteroatoms. The number of allylic oxidation sites excluding steroid dienone is 2. The number of nitrogens with one attached hydrogen (secondary N) is 1. The number of amides is 1. The minimum Gasteiger partial charge on any atom is -0.391 e. The number of aliphatic hydroxyl groups is 2. The summed E-state index contributed by atoms with van der Waals surface area (Å²) in [7, 11) is 0. The fourth-order valence-electron chi connectivity index (χ4n) is 5.89. The van der Waals surface area contributed by atoms with Gasteiger partial charge in [-0.25, -0.2) is 0 Å². The van der Waals surface area contributed by atoms with Gasteiger partial charge in [0, 0.05) is 16.7 Å². The molecule has 2 bridgehead atoms. The van der Waals surface area contributed by atoms with Gasteiger partial charge in [-0.05, 0) is 62.3 Å². The number of anilines is 1. The second-order valence-corrected chi connectivity index (χ2v) is 9.89. The van der Waals surface area contributed by atoms with Gasteiger partial charge in [0.1, 0.15) is 5.92 Å². The highest BCUT2D eigenvalue weighted by Crippen LogP contribution is 2.65. The smallest absolute Gasteiger partial charge is 0.237 e. The lowest BCUT2D eigenvalue weighted by atomic mass is 9.40. The van der Waals surface area contributed by atoms with E-state index in [2.05, 4.69) is 18.5 Å². The third-order valence-corrected chi connectivity index (χ3v) is 7.89. The summed E-state index contributed by atoms with van der Waals surface area (Å²) in [5.74, 6) is -2.52. The standard InChI is InChI=1S/C26H33NO5/c1-6-12-25-15-14-24(4,5)26(13-7-2,23(25)32)21(30)19(20(25)29)22(31)27-18-10-8-17(9-11-18)16(3)28/h6-11,19-20,23,29,32H,1-2,12-15H2,3-5H3,(H,27,31)/t19?,20?,23?,25-,26+/m1/s1. The zero-order valence-corrected chi connectivity index (χ0v) is 19.1. The van der Waals surface area contributed by atoms with Crippen LogP contribution in [0.4, 0.5) is 5.69 Å². The summed E-state index contributed by atoms with van der Waals surface area (Å²) in [6.07, 6.45) is 2.35. The molecule has 3 N–H and O–H groups in total. The van der Waals surface area contributed by atoms with E-state index >= 15 is 0 Å². The maximum absolute atomic E-state index is 13.9. The number of hydrogen-bond acceptors (Lipinski definition) is 5. The van der Waals surface area contributed by atoms with Gasteiger partial charge in [-0.3, -0.25) is 14.4 Å². The number of aliphatic hydroxyl groups excluding tert-OH is 2. The Balaban J connectivity index is 2.06. The van der Waals surface area contributed by atoms with Crippen LogP contribution >= 0.6 is 0 Å². The van der Waals surface area contributed by atoms with E-state index in [0.29, 0.717) is 24.1 Å². The molecule has 5 atom stereocenters. The Morgan fingerprint density at radius 2 is 1.69 bits per heavy atom. The fraction of sp³-hybridized carbons (Fsp3) is 0.500. The molecule has 2 fully saturated rings. The van der Waals surface area contributed by atoms with Gasteiger partial charge in [0.2, 0.25) is 5.91 Å². The highest BCUT2D eigenvalue weighted by molar-refractivity contribution is 6.11. The highest BCUT2D eigenvalue weighted by Gasteiger charge is 2.72. The fourth-order valence-corrected chi connectivity index (χ4v) is 5.89. The van der Waals surface area contributed by atoms with E-state index in [-0.39, 0.29) is 18.6 Å². The first kappa shape index (κ1) is 24.1. The Kier molecular flexibility index (Phi) is 6.33. The van der Waals surface area contributed by atoms with Crippen LogP contribution in [0, 0.1) is 22.2 Å². The molecular formula is C26H33NO5. The zero-order chi connectivity index (χ0) is 23.9. The molecular weight excluding hydrogens is 406 g/mol. The van der Waals surface area contributed by atoms with Crippen molar-refractivity contribution in [3.63, 3.8) is 0 Å². The number of carbonyl (C=O) groups excluding carboxylic acids is 3. The van der Waals surface area contributed by atoms with Crippen molar-refractivity contribution in [2.75, 3.05) is 5.32 Å². The van der Waals surface area contributed by atoms with Crippen molar-refractivity contribution in [1.29, 1.82) is 0 Å². The molecule has 1 aromatic carbocycles. The van der Waals surface area contributed by atoms with Crippen LogP contribution in [0.25, 0.3) is 0 Å². The molecule has 0 spiro atoms. The molecule has 0 heterocycles. The summed E-state index contributed by atoms with van der Waals surface area (Å²) in [4.78, 5) is 38.8. The number of rotatable bonds is 7. The Morgan fingerprint density at radius 1 is 1.09 bits per heavy atom. The number of hydrogen-bond donors (Lipinski definition) is 3. The normalized spacial score (nSPS) is 33.3. The summed E-state index contributed by atoms with van der Waals surface area (Å²) in [6, 6.07) is 6.37. The van der Waals surface area contributed by atoms with Crippen molar-refractivity contribution in [2.24, 2.45) is 22.2 Å². The van der Waals surface area contributed by atoms with Crippen LogP contribution in [0.5, 0.6) is 0 Å². The average Bonchev–Trinajstić information content (AvgIpc) is 2.73. The van der Waals surface area contributed by atoms with E-state index in [9.17, 15) is 24.6 Å². The largest absolute Gasteiger partial charge is 0.391 e. The van der Waals surface area contributed by atoms with E-state index in [0.717, 1.165) is 0 Å². The number of benzene rings is 1. The summed E-state index contributed by atoms with van der Waals surface area (Å²) >= 11 is 0. The molecule has 0 saturated heterocycles. The quantitative estimate of drug-likeness (QED) is 0.341. The maximum atomic E-state index is 13.9. The lowest BCUT2D eigenvalue weighted by Gasteiger charge is -2.64. The Hall–Kier alpha value is -2.57. The Morgan fingerprint density at radius 3 is 2.22 bits per heavy atom. The third kappa shape index (κ3) is 3.37. The maximum Gasteiger partial charge on any atom is 0.237 e. The molecule has 6 nitrogen and oxygen atoms in total. The Labute approximate surface area is 189 Å². The molecule has 0 radical (unpaired) electrons. The monoisotopic (exact) mass is 439 g/mol. The van der Waals surface area contributed by atoms with E-state index < -0.39 is 46.1 Å². The van der Waals surface area contributed by atoms with E-state index in [1.54, 1.807) is 36.4 Å². The lowest BCUT2D eigenvalue weighted by Crippen LogP contribution is -2.73. The van der Waals surface area contributed by atoms with Gasteiger partial charge in [0.25, 0.3) is 0 Å². The molecule has 2 aliphatic rings. The van der Waals surface area contributed by atoms with Crippen molar-refractivity contribution >= 4 is 23.2 Å². The third-order valence-electron chi connectivity index (χ3n) is 7.89. The van der Waals surface area contributed by atoms with Crippen LogP contribution < -0.4 is 5.32 Å². The van der Waals surface area contributed by atoms with Gasteiger partial charge < -0.3 is 15.5 Å². The number of ketones is 2. The molecule has 2 aliphatic carbocycles. The average molecular weight is 440 g/mol. The van der Waals surface area contributed by atoms with Crippen LogP contribution in [0.2, 0.25) is 0 Å². The van der Waals surface area contributed by atoms with E-state index in [4.69, 9.17) is 0 Å². The number of fused-ring (bicyclic) bond motifs is 2. The first-order chi connectivity index (χ1) is 15.0. The summed E-state index contributed by atoms with van der Waals surface area (Å²) in [5, 5.41) is 25.6. The van der Waals surface area contributed by atoms with Crippen molar-refractivity contribution in [1.82, 2.24) is 0 Å². The van der Waals surface area contributed by atoms with Crippen LogP contribution in [0.1, 0.15) is 56.8 Å². The van der Waals surface area contributed by atoms with Crippen LogP contribution in [0.15, 0.2) is 49.6 Å². The van der Waals surface area contributed by atoms with E-state index in [1.807, 2.05) is 13.8 Å². The second kappa shape index (κ2) is 8.41. The second-order valence-electron chi connectivity index (χ2n) is 9.89. The van der Waals surface area contributed by atoms with Crippen LogP contribution in [-0.2, 0) is 9.59 Å². The minimum atomic E-state index is -1.35. The van der Waals surface area contributed by atoms with Crippen molar-refractivity contribution in [2.45, 2.75) is 58.7 Å². The van der Waals surface area contributed by atoms with Gasteiger partial charge in [0.05, 0.1) is 17.6 Å². The number of carbonyl (C=O) groups is 3. The predicted octanol–water partition coefficient (Wildman–Crippen LogP) is 3.69. The topological polar surface area (TPSA) is 104 Å². The van der Waals surface area contributed by atoms with Gasteiger partial charge in [-0.1, -0.05) is 26.0 Å².